The molecule has 0 aliphatic carbocycles. The van der Waals surface area contributed by atoms with Gasteiger partial charge in [-0.2, -0.15) is 5.10 Å². The van der Waals surface area contributed by atoms with Crippen molar-refractivity contribution >= 4 is 5.91 Å². The number of amides is 1. The third-order valence-electron chi connectivity index (χ3n) is 6.13. The Hall–Kier alpha value is -3.19. The molecule has 1 atom stereocenters. The molecule has 0 spiro atoms. The van der Waals surface area contributed by atoms with Crippen LogP contribution in [0.5, 0.6) is 5.75 Å². The fourth-order valence-electron chi connectivity index (χ4n) is 4.42. The van der Waals surface area contributed by atoms with Gasteiger partial charge in [0, 0.05) is 6.54 Å². The number of carbonyl (C=O) groups is 1. The van der Waals surface area contributed by atoms with Gasteiger partial charge >= 0.3 is 0 Å². The molecule has 0 bridgehead atoms. The Bertz CT molecular complexity index is 1070. The van der Waals surface area contributed by atoms with E-state index in [2.05, 4.69) is 27.4 Å². The highest BCUT2D eigenvalue weighted by molar-refractivity contribution is 5.96. The highest BCUT2D eigenvalue weighted by atomic mass is 19.1. The number of aryl methyl sites for hydroxylation is 1. The monoisotopic (exact) mass is 436 g/mol. The number of aromatic nitrogens is 2. The fourth-order valence-corrected chi connectivity index (χ4v) is 4.42. The van der Waals surface area contributed by atoms with E-state index in [9.17, 15) is 9.18 Å². The third-order valence-corrected chi connectivity index (χ3v) is 6.13. The van der Waals surface area contributed by atoms with Crippen molar-refractivity contribution in [1.29, 1.82) is 0 Å². The molecule has 1 aromatic heterocycles. The van der Waals surface area contributed by atoms with Crippen LogP contribution in [0.15, 0.2) is 48.5 Å². The standard InChI is InChI=1S/C25H29FN4O2/c1-17-24(18(2)30(28-17)21-10-8-20(26)9-11-21)25(31)27-16-23(29-14-4-5-15-29)19-6-12-22(32-3)13-7-19/h6-13,23H,4-5,14-16H2,1-3H3,(H,27,31). The number of halogens is 1. The second-order valence-corrected chi connectivity index (χ2v) is 8.18. The molecule has 0 saturated carbocycles. The average Bonchev–Trinajstić information content (AvgIpc) is 3.43. The Morgan fingerprint density at radius 1 is 1.09 bits per heavy atom. The molecule has 1 saturated heterocycles. The predicted octanol–water partition coefficient (Wildman–Crippen LogP) is 4.20. The summed E-state index contributed by atoms with van der Waals surface area (Å²) in [6.45, 7) is 6.23. The van der Waals surface area contributed by atoms with E-state index in [0.717, 1.165) is 35.8 Å². The number of nitrogens with zero attached hydrogens (tertiary/aromatic N) is 3. The zero-order valence-corrected chi connectivity index (χ0v) is 18.8. The quantitative estimate of drug-likeness (QED) is 0.603. The molecule has 7 heteroatoms. The minimum Gasteiger partial charge on any atom is -0.497 e. The summed E-state index contributed by atoms with van der Waals surface area (Å²) in [5.41, 5.74) is 3.81. The number of nitrogens with one attached hydrogen (secondary N) is 1. The summed E-state index contributed by atoms with van der Waals surface area (Å²) in [7, 11) is 1.66. The molecule has 1 fully saturated rings. The molecule has 4 rings (SSSR count). The van der Waals surface area contributed by atoms with Crippen LogP contribution in [0.1, 0.15) is 46.2 Å². The molecule has 1 unspecified atom stereocenters. The molecule has 168 valence electrons. The van der Waals surface area contributed by atoms with Crippen molar-refractivity contribution in [2.45, 2.75) is 32.7 Å². The van der Waals surface area contributed by atoms with Gasteiger partial charge in [0.25, 0.3) is 5.91 Å². The van der Waals surface area contributed by atoms with Crippen LogP contribution < -0.4 is 10.1 Å². The molecule has 3 aromatic rings. The first-order valence-corrected chi connectivity index (χ1v) is 11.0. The SMILES string of the molecule is COc1ccc(C(CNC(=O)c2c(C)nn(-c3ccc(F)cc3)c2C)N2CCCC2)cc1. The lowest BCUT2D eigenvalue weighted by molar-refractivity contribution is 0.0936. The molecule has 2 aromatic carbocycles. The largest absolute Gasteiger partial charge is 0.497 e. The molecule has 0 radical (unpaired) electrons. The smallest absolute Gasteiger partial charge is 0.255 e. The van der Waals surface area contributed by atoms with Gasteiger partial charge in [-0.05, 0) is 81.7 Å². The van der Waals surface area contributed by atoms with E-state index in [1.54, 1.807) is 23.9 Å². The lowest BCUT2D eigenvalue weighted by Gasteiger charge is -2.28. The molecule has 6 nitrogen and oxygen atoms in total. The van der Waals surface area contributed by atoms with Gasteiger partial charge in [0.15, 0.2) is 0 Å². The van der Waals surface area contributed by atoms with Crippen molar-refractivity contribution in [3.05, 3.63) is 76.9 Å². The van der Waals surface area contributed by atoms with E-state index in [0.29, 0.717) is 17.8 Å². The first kappa shape index (κ1) is 22.0. The second kappa shape index (κ2) is 9.53. The highest BCUT2D eigenvalue weighted by Gasteiger charge is 2.26. The third kappa shape index (κ3) is 4.53. The number of benzene rings is 2. The van der Waals surface area contributed by atoms with Gasteiger partial charge in [0.05, 0.1) is 35.8 Å². The number of ether oxygens (including phenoxy) is 1. The predicted molar refractivity (Wildman–Crippen MR) is 122 cm³/mol. The molecule has 1 N–H and O–H groups in total. The maximum atomic E-state index is 13.3. The first-order valence-electron chi connectivity index (χ1n) is 11.0. The van der Waals surface area contributed by atoms with E-state index in [1.807, 2.05) is 26.0 Å². The summed E-state index contributed by atoms with van der Waals surface area (Å²) < 4.78 is 20.3. The molecular weight excluding hydrogens is 407 g/mol. The van der Waals surface area contributed by atoms with Crippen LogP contribution in [0, 0.1) is 19.7 Å². The van der Waals surface area contributed by atoms with Crippen LogP contribution in [0.25, 0.3) is 5.69 Å². The summed E-state index contributed by atoms with van der Waals surface area (Å²) >= 11 is 0. The summed E-state index contributed by atoms with van der Waals surface area (Å²) in [4.78, 5) is 15.6. The summed E-state index contributed by atoms with van der Waals surface area (Å²) in [5.74, 6) is 0.364. The number of rotatable bonds is 7. The Kier molecular flexibility index (Phi) is 6.55. The van der Waals surface area contributed by atoms with Gasteiger partial charge in [0.1, 0.15) is 11.6 Å². The Labute approximate surface area is 188 Å². The Balaban J connectivity index is 1.53. The lowest BCUT2D eigenvalue weighted by atomic mass is 10.0. The van der Waals surface area contributed by atoms with Crippen LogP contribution in [0.2, 0.25) is 0 Å². The summed E-state index contributed by atoms with van der Waals surface area (Å²) in [6, 6.07) is 14.2. The zero-order chi connectivity index (χ0) is 22.7. The number of methoxy groups -OCH3 is 1. The Morgan fingerprint density at radius 3 is 2.38 bits per heavy atom. The average molecular weight is 437 g/mol. The number of hydrogen-bond donors (Lipinski definition) is 1. The van der Waals surface area contributed by atoms with Gasteiger partial charge < -0.3 is 10.1 Å². The fraction of sp³-hybridized carbons (Fsp3) is 0.360. The minimum absolute atomic E-state index is 0.0973. The van der Waals surface area contributed by atoms with Crippen molar-refractivity contribution in [2.24, 2.45) is 0 Å². The maximum Gasteiger partial charge on any atom is 0.255 e. The molecular formula is C25H29FN4O2. The van der Waals surface area contributed by atoms with Crippen LogP contribution in [-0.4, -0.2) is 47.3 Å². The van der Waals surface area contributed by atoms with E-state index in [-0.39, 0.29) is 17.8 Å². The summed E-state index contributed by atoms with van der Waals surface area (Å²) in [5, 5.41) is 7.66. The zero-order valence-electron chi connectivity index (χ0n) is 18.8. The molecule has 1 aliphatic rings. The van der Waals surface area contributed by atoms with Gasteiger partial charge in [-0.25, -0.2) is 9.07 Å². The summed E-state index contributed by atoms with van der Waals surface area (Å²) in [6.07, 6.45) is 2.34. The van der Waals surface area contributed by atoms with E-state index in [4.69, 9.17) is 4.74 Å². The first-order chi connectivity index (χ1) is 15.5. The van der Waals surface area contributed by atoms with Crippen molar-refractivity contribution in [3.8, 4) is 11.4 Å². The Morgan fingerprint density at radius 2 is 1.75 bits per heavy atom. The second-order valence-electron chi connectivity index (χ2n) is 8.18. The topological polar surface area (TPSA) is 59.4 Å². The van der Waals surface area contributed by atoms with E-state index >= 15 is 0 Å². The van der Waals surface area contributed by atoms with E-state index < -0.39 is 0 Å². The minimum atomic E-state index is -0.306. The number of carbonyl (C=O) groups excluding carboxylic acids is 1. The van der Waals surface area contributed by atoms with Crippen molar-refractivity contribution in [2.75, 3.05) is 26.7 Å². The van der Waals surface area contributed by atoms with Crippen molar-refractivity contribution in [1.82, 2.24) is 20.0 Å². The van der Waals surface area contributed by atoms with Crippen LogP contribution >= 0.6 is 0 Å². The highest BCUT2D eigenvalue weighted by Crippen LogP contribution is 2.26. The van der Waals surface area contributed by atoms with Crippen LogP contribution in [-0.2, 0) is 0 Å². The normalized spacial score (nSPS) is 15.0. The van der Waals surface area contributed by atoms with Gasteiger partial charge in [0.2, 0.25) is 0 Å². The maximum absolute atomic E-state index is 13.3. The molecule has 1 amide bonds. The number of hydrogen-bond acceptors (Lipinski definition) is 4. The number of likely N-dealkylation sites (tertiary alicyclic amines) is 1. The van der Waals surface area contributed by atoms with E-state index in [1.165, 1.54) is 25.0 Å². The van der Waals surface area contributed by atoms with Crippen molar-refractivity contribution < 1.29 is 13.9 Å². The molecule has 2 heterocycles. The van der Waals surface area contributed by atoms with Crippen molar-refractivity contribution in [3.63, 3.8) is 0 Å². The van der Waals surface area contributed by atoms with Gasteiger partial charge in [-0.1, -0.05) is 12.1 Å². The van der Waals surface area contributed by atoms with Crippen LogP contribution in [0.3, 0.4) is 0 Å². The van der Waals surface area contributed by atoms with Gasteiger partial charge in [-0.3, -0.25) is 9.69 Å². The molecule has 32 heavy (non-hydrogen) atoms. The molecule has 1 aliphatic heterocycles. The lowest BCUT2D eigenvalue weighted by Crippen LogP contribution is -2.37. The van der Waals surface area contributed by atoms with Gasteiger partial charge in [-0.15, -0.1) is 0 Å². The van der Waals surface area contributed by atoms with Crippen LogP contribution in [0.4, 0.5) is 4.39 Å².